The molecule has 0 spiro atoms. The van der Waals surface area contributed by atoms with Crippen molar-refractivity contribution in [2.75, 3.05) is 0 Å². The van der Waals surface area contributed by atoms with Crippen LogP contribution in [0.15, 0.2) is 11.6 Å². The molecule has 0 aliphatic heterocycles. The lowest BCUT2D eigenvalue weighted by Crippen LogP contribution is -2.31. The summed E-state index contributed by atoms with van der Waals surface area (Å²) < 4.78 is 0. The number of hydrogen-bond donors (Lipinski definition) is 0. The average Bonchev–Trinajstić information content (AvgIpc) is 2.04. The van der Waals surface area contributed by atoms with E-state index in [1.807, 2.05) is 0 Å². The lowest BCUT2D eigenvalue weighted by Gasteiger charge is -2.41. The molecule has 12 heavy (non-hydrogen) atoms. The molecule has 0 amide bonds. The first-order chi connectivity index (χ1) is 5.72. The quantitative estimate of drug-likeness (QED) is 0.396. The summed E-state index contributed by atoms with van der Waals surface area (Å²) in [6, 6.07) is 0. The van der Waals surface area contributed by atoms with E-state index in [0.29, 0.717) is 10.8 Å². The van der Waals surface area contributed by atoms with Crippen LogP contribution in [0.5, 0.6) is 0 Å². The van der Waals surface area contributed by atoms with Crippen molar-refractivity contribution in [1.82, 2.24) is 0 Å². The molecule has 1 heteroatoms. The van der Waals surface area contributed by atoms with Gasteiger partial charge in [0.25, 0.3) is 0 Å². The van der Waals surface area contributed by atoms with Crippen LogP contribution in [0.3, 0.4) is 0 Å². The van der Waals surface area contributed by atoms with E-state index >= 15 is 0 Å². The van der Waals surface area contributed by atoms with Crippen LogP contribution >= 0.6 is 11.6 Å². The van der Waals surface area contributed by atoms with Gasteiger partial charge in [-0.1, -0.05) is 25.0 Å². The average molecular weight is 185 g/mol. The predicted molar refractivity (Wildman–Crippen MR) is 53.5 cm³/mol. The highest BCUT2D eigenvalue weighted by molar-refractivity contribution is 6.22. The number of fused-ring (bicyclic) bond motifs is 1. The third kappa shape index (κ3) is 1.31. The van der Waals surface area contributed by atoms with Crippen molar-refractivity contribution < 1.29 is 0 Å². The highest BCUT2D eigenvalue weighted by Gasteiger charge is 2.37. The topological polar surface area (TPSA) is 0 Å². The van der Waals surface area contributed by atoms with Gasteiger partial charge in [0.2, 0.25) is 0 Å². The summed E-state index contributed by atoms with van der Waals surface area (Å²) in [7, 11) is 0. The van der Waals surface area contributed by atoms with Crippen LogP contribution in [0, 0.1) is 5.41 Å². The van der Waals surface area contributed by atoms with Gasteiger partial charge in [0.1, 0.15) is 0 Å². The summed E-state index contributed by atoms with van der Waals surface area (Å²) in [6.07, 6.45) is 10.3. The Hall–Kier alpha value is 0.0300. The van der Waals surface area contributed by atoms with Crippen molar-refractivity contribution >= 4 is 11.6 Å². The van der Waals surface area contributed by atoms with Crippen molar-refractivity contribution in [3.05, 3.63) is 11.6 Å². The Bertz CT molecular complexity index is 207. The van der Waals surface area contributed by atoms with Crippen LogP contribution in [0.1, 0.15) is 45.4 Å². The molecule has 2 rings (SSSR count). The molecule has 0 bridgehead atoms. The van der Waals surface area contributed by atoms with Crippen molar-refractivity contribution in [3.8, 4) is 0 Å². The van der Waals surface area contributed by atoms with Gasteiger partial charge in [-0.15, -0.1) is 11.6 Å². The lowest BCUT2D eigenvalue weighted by atomic mass is 9.66. The first-order valence-electron chi connectivity index (χ1n) is 5.07. The summed E-state index contributed by atoms with van der Waals surface area (Å²) in [5, 5.41) is 0.351. The minimum atomic E-state index is 0.351. The Kier molecular flexibility index (Phi) is 2.20. The molecule has 0 aromatic heterocycles. The maximum atomic E-state index is 6.31. The summed E-state index contributed by atoms with van der Waals surface area (Å²) in [5.41, 5.74) is 2.03. The monoisotopic (exact) mass is 184 g/mol. The van der Waals surface area contributed by atoms with Gasteiger partial charge in [0, 0.05) is 0 Å². The van der Waals surface area contributed by atoms with Gasteiger partial charge in [-0.3, -0.25) is 0 Å². The highest BCUT2D eigenvalue weighted by Crippen LogP contribution is 2.48. The van der Waals surface area contributed by atoms with Crippen LogP contribution in [-0.4, -0.2) is 5.38 Å². The minimum absolute atomic E-state index is 0.351. The molecular formula is C11H17Cl. The smallest absolute Gasteiger partial charge is 0.0550 e. The van der Waals surface area contributed by atoms with Gasteiger partial charge < -0.3 is 0 Å². The number of alkyl halides is 1. The Balaban J connectivity index is 2.27. The molecule has 1 fully saturated rings. The molecular weight excluding hydrogens is 168 g/mol. The number of halogens is 1. The van der Waals surface area contributed by atoms with Crippen LogP contribution in [-0.2, 0) is 0 Å². The third-order valence-electron chi connectivity index (χ3n) is 3.52. The number of hydrogen-bond acceptors (Lipinski definition) is 0. The van der Waals surface area contributed by atoms with Gasteiger partial charge in [0.15, 0.2) is 0 Å². The van der Waals surface area contributed by atoms with Crippen LogP contribution < -0.4 is 0 Å². The number of allylic oxidation sites excluding steroid dienone is 2. The van der Waals surface area contributed by atoms with Crippen LogP contribution in [0.2, 0.25) is 0 Å². The van der Waals surface area contributed by atoms with Crippen molar-refractivity contribution in [2.45, 2.75) is 50.8 Å². The Morgan fingerprint density at radius 1 is 1.42 bits per heavy atom. The zero-order valence-electron chi connectivity index (χ0n) is 7.78. The molecule has 2 atom stereocenters. The van der Waals surface area contributed by atoms with Crippen molar-refractivity contribution in [3.63, 3.8) is 0 Å². The molecule has 0 unspecified atom stereocenters. The lowest BCUT2D eigenvalue weighted by molar-refractivity contribution is 0.264. The Labute approximate surface area is 80.0 Å². The molecule has 0 nitrogen and oxygen atoms in total. The first kappa shape index (κ1) is 8.62. The van der Waals surface area contributed by atoms with Gasteiger partial charge in [-0.2, -0.15) is 0 Å². The SMILES string of the molecule is C[C@@]12CCCC=C1[C@@H](Cl)CCC2. The fraction of sp³-hybridized carbons (Fsp3) is 0.818. The van der Waals surface area contributed by atoms with E-state index in [1.165, 1.54) is 38.5 Å². The summed E-state index contributed by atoms with van der Waals surface area (Å²) in [4.78, 5) is 0. The van der Waals surface area contributed by atoms with Gasteiger partial charge in [-0.25, -0.2) is 0 Å². The van der Waals surface area contributed by atoms with Crippen molar-refractivity contribution in [2.24, 2.45) is 5.41 Å². The van der Waals surface area contributed by atoms with E-state index in [0.717, 1.165) is 0 Å². The number of rotatable bonds is 0. The summed E-state index contributed by atoms with van der Waals surface area (Å²) >= 11 is 6.31. The van der Waals surface area contributed by atoms with Gasteiger partial charge >= 0.3 is 0 Å². The van der Waals surface area contributed by atoms with Gasteiger partial charge in [0.05, 0.1) is 5.38 Å². The van der Waals surface area contributed by atoms with E-state index in [-0.39, 0.29) is 0 Å². The van der Waals surface area contributed by atoms with E-state index < -0.39 is 0 Å². The molecule has 2 aliphatic rings. The zero-order valence-corrected chi connectivity index (χ0v) is 8.53. The van der Waals surface area contributed by atoms with E-state index in [4.69, 9.17) is 11.6 Å². The molecule has 0 radical (unpaired) electrons. The normalized spacial score (nSPS) is 41.8. The van der Waals surface area contributed by atoms with Gasteiger partial charge in [-0.05, 0) is 37.5 Å². The third-order valence-corrected chi connectivity index (χ3v) is 3.97. The predicted octanol–water partition coefficient (Wildman–Crippen LogP) is 3.89. The Morgan fingerprint density at radius 2 is 2.17 bits per heavy atom. The molecule has 0 heterocycles. The Morgan fingerprint density at radius 3 is 2.92 bits per heavy atom. The van der Waals surface area contributed by atoms with Crippen molar-refractivity contribution in [1.29, 1.82) is 0 Å². The highest BCUT2D eigenvalue weighted by atomic mass is 35.5. The maximum Gasteiger partial charge on any atom is 0.0550 e. The minimum Gasteiger partial charge on any atom is -0.118 e. The molecule has 0 aromatic rings. The van der Waals surface area contributed by atoms with Crippen LogP contribution in [0.25, 0.3) is 0 Å². The largest absolute Gasteiger partial charge is 0.118 e. The van der Waals surface area contributed by atoms with E-state index in [2.05, 4.69) is 13.0 Å². The molecule has 0 saturated heterocycles. The zero-order chi connectivity index (χ0) is 8.60. The molecule has 2 aliphatic carbocycles. The fourth-order valence-corrected chi connectivity index (χ4v) is 3.25. The second-order valence-electron chi connectivity index (χ2n) is 4.47. The van der Waals surface area contributed by atoms with Crippen LogP contribution in [0.4, 0.5) is 0 Å². The summed E-state index contributed by atoms with van der Waals surface area (Å²) in [5.74, 6) is 0. The first-order valence-corrected chi connectivity index (χ1v) is 5.51. The molecule has 68 valence electrons. The van der Waals surface area contributed by atoms with E-state index in [1.54, 1.807) is 5.57 Å². The van der Waals surface area contributed by atoms with E-state index in [9.17, 15) is 0 Å². The molecule has 0 aromatic carbocycles. The molecule has 0 N–H and O–H groups in total. The second-order valence-corrected chi connectivity index (χ2v) is 5.00. The second kappa shape index (κ2) is 3.06. The maximum absolute atomic E-state index is 6.31. The molecule has 1 saturated carbocycles. The standard InChI is InChI=1S/C11H17Cl/c1-11-7-3-2-5-9(11)10(12)6-4-8-11/h5,10H,2-4,6-8H2,1H3/t10-,11-/m0/s1. The fourth-order valence-electron chi connectivity index (χ4n) is 2.74. The summed E-state index contributed by atoms with van der Waals surface area (Å²) in [6.45, 7) is 2.40.